The summed E-state index contributed by atoms with van der Waals surface area (Å²) in [5, 5.41) is 16.2. The topological polar surface area (TPSA) is 61.4 Å². The molecule has 0 radical (unpaired) electrons. The summed E-state index contributed by atoms with van der Waals surface area (Å²) in [6.07, 6.45) is 5.61. The van der Waals surface area contributed by atoms with Crippen LogP contribution in [0.15, 0.2) is 0 Å². The van der Waals surface area contributed by atoms with Crippen molar-refractivity contribution in [3.05, 3.63) is 0 Å². The first-order valence-electron chi connectivity index (χ1n) is 6.90. The van der Waals surface area contributed by atoms with Crippen LogP contribution in [-0.2, 0) is 4.79 Å². The van der Waals surface area contributed by atoms with E-state index in [1.54, 1.807) is 0 Å². The molecule has 0 spiro atoms. The van der Waals surface area contributed by atoms with Gasteiger partial charge in [-0.25, -0.2) is 0 Å². The van der Waals surface area contributed by atoms with Gasteiger partial charge in [0.2, 0.25) is 5.91 Å². The molecule has 2 aliphatic rings. The zero-order valence-electron chi connectivity index (χ0n) is 10.6. The number of aliphatic hydroxyl groups is 1. The van der Waals surface area contributed by atoms with Gasteiger partial charge in [-0.1, -0.05) is 12.8 Å². The summed E-state index contributed by atoms with van der Waals surface area (Å²) in [6.45, 7) is 3.08. The summed E-state index contributed by atoms with van der Waals surface area (Å²) >= 11 is 0. The lowest BCUT2D eigenvalue weighted by Crippen LogP contribution is -2.52. The van der Waals surface area contributed by atoms with Crippen molar-refractivity contribution in [3.8, 4) is 0 Å². The first kappa shape index (κ1) is 12.8. The molecule has 1 aliphatic carbocycles. The summed E-state index contributed by atoms with van der Waals surface area (Å²) in [7, 11) is 0. The van der Waals surface area contributed by atoms with Crippen LogP contribution >= 0.6 is 0 Å². The number of aliphatic hydroxyl groups excluding tert-OH is 1. The van der Waals surface area contributed by atoms with Gasteiger partial charge in [0.05, 0.1) is 18.1 Å². The van der Waals surface area contributed by atoms with Crippen LogP contribution in [-0.4, -0.2) is 35.7 Å². The SMILES string of the molecule is CC1NCCCC1C(=O)NC1CCCCC1O. The minimum absolute atomic E-state index is 0.0228. The van der Waals surface area contributed by atoms with Crippen molar-refractivity contribution in [3.63, 3.8) is 0 Å². The number of hydrogen-bond donors (Lipinski definition) is 3. The zero-order chi connectivity index (χ0) is 12.3. The van der Waals surface area contributed by atoms with Crippen LogP contribution in [0.25, 0.3) is 0 Å². The van der Waals surface area contributed by atoms with E-state index in [1.807, 2.05) is 0 Å². The summed E-state index contributed by atoms with van der Waals surface area (Å²) in [6, 6.07) is 0.231. The number of carbonyl (C=O) groups is 1. The van der Waals surface area contributed by atoms with Gasteiger partial charge in [0.15, 0.2) is 0 Å². The lowest BCUT2D eigenvalue weighted by molar-refractivity contribution is -0.128. The molecule has 1 aliphatic heterocycles. The van der Waals surface area contributed by atoms with Crippen molar-refractivity contribution < 1.29 is 9.90 Å². The molecule has 98 valence electrons. The highest BCUT2D eigenvalue weighted by molar-refractivity contribution is 5.79. The van der Waals surface area contributed by atoms with E-state index in [9.17, 15) is 9.90 Å². The van der Waals surface area contributed by atoms with Crippen LogP contribution in [0.4, 0.5) is 0 Å². The average Bonchev–Trinajstić information content (AvgIpc) is 2.32. The Labute approximate surface area is 103 Å². The molecule has 4 heteroatoms. The van der Waals surface area contributed by atoms with Gasteiger partial charge in [0, 0.05) is 6.04 Å². The van der Waals surface area contributed by atoms with Crippen molar-refractivity contribution in [2.24, 2.45) is 5.92 Å². The fourth-order valence-corrected chi connectivity index (χ4v) is 2.97. The highest BCUT2D eigenvalue weighted by atomic mass is 16.3. The van der Waals surface area contributed by atoms with Crippen molar-refractivity contribution in [1.82, 2.24) is 10.6 Å². The Bertz CT molecular complexity index is 270. The molecular formula is C13H24N2O2. The van der Waals surface area contributed by atoms with Gasteiger partial charge in [-0.3, -0.25) is 4.79 Å². The molecule has 1 heterocycles. The Balaban J connectivity index is 1.86. The number of nitrogens with one attached hydrogen (secondary N) is 2. The Kier molecular flexibility index (Phi) is 4.40. The fourth-order valence-electron chi connectivity index (χ4n) is 2.97. The molecule has 0 aromatic carbocycles. The molecule has 3 N–H and O–H groups in total. The molecule has 0 aromatic heterocycles. The van der Waals surface area contributed by atoms with Gasteiger partial charge < -0.3 is 15.7 Å². The Morgan fingerprint density at radius 3 is 2.71 bits per heavy atom. The molecule has 4 unspecified atom stereocenters. The van der Waals surface area contributed by atoms with Crippen molar-refractivity contribution in [2.75, 3.05) is 6.54 Å². The van der Waals surface area contributed by atoms with E-state index in [0.717, 1.165) is 45.1 Å². The number of piperidine rings is 1. The zero-order valence-corrected chi connectivity index (χ0v) is 10.6. The van der Waals surface area contributed by atoms with Gasteiger partial charge in [0.25, 0.3) is 0 Å². The monoisotopic (exact) mass is 240 g/mol. The largest absolute Gasteiger partial charge is 0.391 e. The number of amides is 1. The first-order chi connectivity index (χ1) is 8.18. The molecule has 0 aromatic rings. The van der Waals surface area contributed by atoms with Crippen LogP contribution in [0.3, 0.4) is 0 Å². The van der Waals surface area contributed by atoms with E-state index in [-0.39, 0.29) is 30.0 Å². The Hall–Kier alpha value is -0.610. The predicted octanol–water partition coefficient (Wildman–Crippen LogP) is 0.794. The van der Waals surface area contributed by atoms with Crippen molar-refractivity contribution >= 4 is 5.91 Å². The molecule has 0 bridgehead atoms. The number of hydrogen-bond acceptors (Lipinski definition) is 3. The molecule has 1 saturated heterocycles. The van der Waals surface area contributed by atoms with E-state index >= 15 is 0 Å². The number of rotatable bonds is 2. The molecule has 2 fully saturated rings. The van der Waals surface area contributed by atoms with Gasteiger partial charge in [-0.15, -0.1) is 0 Å². The molecule has 1 saturated carbocycles. The standard InChI is InChI=1S/C13H24N2O2/c1-9-10(5-4-8-14-9)13(17)15-11-6-2-3-7-12(11)16/h9-12,14,16H,2-8H2,1H3,(H,15,17). The summed E-state index contributed by atoms with van der Waals surface area (Å²) in [5.41, 5.74) is 0. The third-order valence-electron chi connectivity index (χ3n) is 4.16. The van der Waals surface area contributed by atoms with E-state index in [2.05, 4.69) is 17.6 Å². The lowest BCUT2D eigenvalue weighted by atomic mass is 9.88. The van der Waals surface area contributed by atoms with Crippen LogP contribution < -0.4 is 10.6 Å². The van der Waals surface area contributed by atoms with Crippen LogP contribution in [0.1, 0.15) is 45.4 Å². The lowest BCUT2D eigenvalue weighted by Gasteiger charge is -2.33. The second-order valence-electron chi connectivity index (χ2n) is 5.46. The van der Waals surface area contributed by atoms with Gasteiger partial charge in [-0.2, -0.15) is 0 Å². The van der Waals surface area contributed by atoms with E-state index in [0.29, 0.717) is 0 Å². The van der Waals surface area contributed by atoms with Crippen LogP contribution in [0.2, 0.25) is 0 Å². The fraction of sp³-hybridized carbons (Fsp3) is 0.923. The Morgan fingerprint density at radius 1 is 1.24 bits per heavy atom. The first-order valence-corrected chi connectivity index (χ1v) is 6.90. The van der Waals surface area contributed by atoms with Crippen LogP contribution in [0.5, 0.6) is 0 Å². The quantitative estimate of drug-likeness (QED) is 0.669. The smallest absolute Gasteiger partial charge is 0.224 e. The normalized spacial score (nSPS) is 38.7. The summed E-state index contributed by atoms with van der Waals surface area (Å²) < 4.78 is 0. The second-order valence-corrected chi connectivity index (χ2v) is 5.46. The number of carbonyl (C=O) groups excluding carboxylic acids is 1. The van der Waals surface area contributed by atoms with Crippen molar-refractivity contribution in [2.45, 2.75) is 63.6 Å². The predicted molar refractivity (Wildman–Crippen MR) is 66.6 cm³/mol. The van der Waals surface area contributed by atoms with Crippen LogP contribution in [0, 0.1) is 5.92 Å². The molecule has 1 amide bonds. The highest BCUT2D eigenvalue weighted by Gasteiger charge is 2.31. The van der Waals surface area contributed by atoms with Gasteiger partial charge in [0.1, 0.15) is 0 Å². The summed E-state index contributed by atoms with van der Waals surface area (Å²) in [4.78, 5) is 12.2. The summed E-state index contributed by atoms with van der Waals surface area (Å²) in [5.74, 6) is 0.188. The minimum atomic E-state index is -0.348. The second kappa shape index (κ2) is 5.83. The maximum atomic E-state index is 12.2. The van der Waals surface area contributed by atoms with Gasteiger partial charge in [-0.05, 0) is 39.2 Å². The van der Waals surface area contributed by atoms with E-state index < -0.39 is 0 Å². The van der Waals surface area contributed by atoms with Gasteiger partial charge >= 0.3 is 0 Å². The highest BCUT2D eigenvalue weighted by Crippen LogP contribution is 2.21. The van der Waals surface area contributed by atoms with Crippen molar-refractivity contribution in [1.29, 1.82) is 0 Å². The maximum absolute atomic E-state index is 12.2. The maximum Gasteiger partial charge on any atom is 0.224 e. The molecule has 2 rings (SSSR count). The van der Waals surface area contributed by atoms with E-state index in [1.165, 1.54) is 0 Å². The third-order valence-corrected chi connectivity index (χ3v) is 4.16. The Morgan fingerprint density at radius 2 is 2.00 bits per heavy atom. The van der Waals surface area contributed by atoms with E-state index in [4.69, 9.17) is 0 Å². The third kappa shape index (κ3) is 3.19. The molecule has 4 atom stereocenters. The molecule has 4 nitrogen and oxygen atoms in total. The molecular weight excluding hydrogens is 216 g/mol. The minimum Gasteiger partial charge on any atom is -0.391 e. The molecule has 17 heavy (non-hydrogen) atoms. The average molecular weight is 240 g/mol.